The Bertz CT molecular complexity index is 769. The van der Waals surface area contributed by atoms with Gasteiger partial charge in [-0.2, -0.15) is 0 Å². The number of pyridine rings is 1. The Morgan fingerprint density at radius 2 is 2.04 bits per heavy atom. The van der Waals surface area contributed by atoms with Crippen LogP contribution in [-0.2, 0) is 11.3 Å². The van der Waals surface area contributed by atoms with Crippen LogP contribution in [0.25, 0.3) is 0 Å². The summed E-state index contributed by atoms with van der Waals surface area (Å²) in [7, 11) is 1.78. The van der Waals surface area contributed by atoms with Crippen LogP contribution in [0.3, 0.4) is 0 Å². The summed E-state index contributed by atoms with van der Waals surface area (Å²) < 4.78 is 19.3. The van der Waals surface area contributed by atoms with Crippen LogP contribution in [0.15, 0.2) is 47.6 Å². The fraction of sp³-hybridized carbons (Fsp3) is 0.400. The van der Waals surface area contributed by atoms with E-state index in [-0.39, 0.29) is 42.0 Å². The molecule has 0 bridgehead atoms. The Kier molecular flexibility index (Phi) is 7.97. The van der Waals surface area contributed by atoms with Crippen LogP contribution in [0.1, 0.15) is 29.8 Å². The van der Waals surface area contributed by atoms with Crippen LogP contribution in [-0.4, -0.2) is 42.1 Å². The summed E-state index contributed by atoms with van der Waals surface area (Å²) in [6.45, 7) is 6.12. The Balaban J connectivity index is 0.00000261. The van der Waals surface area contributed by atoms with E-state index in [2.05, 4.69) is 20.2 Å². The minimum Gasteiger partial charge on any atom is -0.367 e. The van der Waals surface area contributed by atoms with Gasteiger partial charge in [0, 0.05) is 19.8 Å². The fourth-order valence-electron chi connectivity index (χ4n) is 3.18. The van der Waals surface area contributed by atoms with Crippen molar-refractivity contribution in [2.24, 2.45) is 4.99 Å². The Morgan fingerprint density at radius 3 is 2.70 bits per heavy atom. The molecule has 146 valence electrons. The number of morpholine rings is 1. The fourth-order valence-corrected chi connectivity index (χ4v) is 3.18. The van der Waals surface area contributed by atoms with Crippen LogP contribution in [0, 0.1) is 12.7 Å². The molecule has 1 aromatic heterocycles. The number of hydrogen-bond donors (Lipinski definition) is 1. The second kappa shape index (κ2) is 9.98. The van der Waals surface area contributed by atoms with Crippen molar-refractivity contribution in [1.29, 1.82) is 0 Å². The number of nitrogens with one attached hydrogen (secondary N) is 1. The number of guanidine groups is 1. The van der Waals surface area contributed by atoms with E-state index >= 15 is 0 Å². The topological polar surface area (TPSA) is 49.8 Å². The molecule has 7 heteroatoms. The highest BCUT2D eigenvalue weighted by molar-refractivity contribution is 14.0. The minimum atomic E-state index is -0.238. The summed E-state index contributed by atoms with van der Waals surface area (Å²) in [5.74, 6) is 0.579. The standard InChI is InChI=1S/C20H25FN4O.HI/c1-14-5-4-10-23-18(14)11-24-20(22-3)25-12-15(2)26-19(13-25)16-6-8-17(21)9-7-16;/h4-10,15,19H,11-13H2,1-3H3,(H,22,24);1H. The van der Waals surface area contributed by atoms with Crippen molar-refractivity contribution in [3.8, 4) is 0 Å². The third-order valence-corrected chi connectivity index (χ3v) is 4.55. The molecule has 1 N–H and O–H groups in total. The number of aromatic nitrogens is 1. The molecule has 0 saturated carbocycles. The second-order valence-corrected chi connectivity index (χ2v) is 6.56. The monoisotopic (exact) mass is 484 g/mol. The van der Waals surface area contributed by atoms with Crippen LogP contribution in [0.5, 0.6) is 0 Å². The average Bonchev–Trinajstić information content (AvgIpc) is 2.64. The molecule has 1 saturated heterocycles. The first-order valence-corrected chi connectivity index (χ1v) is 8.84. The number of hydrogen-bond acceptors (Lipinski definition) is 3. The predicted octanol–water partition coefficient (Wildman–Crippen LogP) is 3.68. The molecule has 0 amide bonds. The van der Waals surface area contributed by atoms with Crippen LogP contribution in [0.4, 0.5) is 4.39 Å². The molecule has 1 aliphatic heterocycles. The minimum absolute atomic E-state index is 0. The van der Waals surface area contributed by atoms with Gasteiger partial charge in [0.15, 0.2) is 5.96 Å². The van der Waals surface area contributed by atoms with Crippen molar-refractivity contribution in [2.75, 3.05) is 20.1 Å². The number of halogens is 2. The average molecular weight is 484 g/mol. The van der Waals surface area contributed by atoms with Gasteiger partial charge in [-0.05, 0) is 43.2 Å². The highest BCUT2D eigenvalue weighted by atomic mass is 127. The van der Waals surface area contributed by atoms with E-state index in [0.717, 1.165) is 29.3 Å². The summed E-state index contributed by atoms with van der Waals surface area (Å²) in [5, 5.41) is 3.40. The molecule has 2 unspecified atom stereocenters. The molecule has 3 rings (SSSR count). The van der Waals surface area contributed by atoms with Crippen molar-refractivity contribution < 1.29 is 9.13 Å². The maximum Gasteiger partial charge on any atom is 0.194 e. The second-order valence-electron chi connectivity index (χ2n) is 6.56. The van der Waals surface area contributed by atoms with Gasteiger partial charge in [0.2, 0.25) is 0 Å². The molecule has 0 radical (unpaired) electrons. The van der Waals surface area contributed by atoms with Gasteiger partial charge < -0.3 is 15.0 Å². The summed E-state index contributed by atoms with van der Waals surface area (Å²) >= 11 is 0. The molecule has 0 aliphatic carbocycles. The molecule has 2 heterocycles. The zero-order chi connectivity index (χ0) is 18.5. The smallest absolute Gasteiger partial charge is 0.194 e. The summed E-state index contributed by atoms with van der Waals surface area (Å²) in [4.78, 5) is 11.0. The van der Waals surface area contributed by atoms with E-state index in [1.807, 2.05) is 26.0 Å². The molecule has 5 nitrogen and oxygen atoms in total. The Morgan fingerprint density at radius 1 is 1.30 bits per heavy atom. The molecule has 2 aromatic rings. The Labute approximate surface area is 177 Å². The number of ether oxygens (including phenoxy) is 1. The first-order chi connectivity index (χ1) is 12.6. The number of aliphatic imine (C=N–C) groups is 1. The van der Waals surface area contributed by atoms with E-state index in [9.17, 15) is 4.39 Å². The lowest BCUT2D eigenvalue weighted by atomic mass is 10.1. The Hall–Kier alpha value is -1.74. The third kappa shape index (κ3) is 5.62. The largest absolute Gasteiger partial charge is 0.367 e. The predicted molar refractivity (Wildman–Crippen MR) is 116 cm³/mol. The van der Waals surface area contributed by atoms with Crippen molar-refractivity contribution in [3.63, 3.8) is 0 Å². The van der Waals surface area contributed by atoms with Gasteiger partial charge in [-0.1, -0.05) is 18.2 Å². The zero-order valence-corrected chi connectivity index (χ0v) is 18.2. The van der Waals surface area contributed by atoms with Gasteiger partial charge in [0.05, 0.1) is 24.9 Å². The van der Waals surface area contributed by atoms with Crippen molar-refractivity contribution in [1.82, 2.24) is 15.2 Å². The number of benzene rings is 1. The summed E-state index contributed by atoms with van der Waals surface area (Å²) in [6, 6.07) is 10.5. The number of nitrogens with zero attached hydrogens (tertiary/aromatic N) is 3. The highest BCUT2D eigenvalue weighted by Gasteiger charge is 2.28. The maximum absolute atomic E-state index is 13.2. The molecule has 1 aromatic carbocycles. The van der Waals surface area contributed by atoms with E-state index in [1.54, 1.807) is 25.4 Å². The molecule has 1 fully saturated rings. The van der Waals surface area contributed by atoms with Gasteiger partial charge in [-0.3, -0.25) is 9.98 Å². The van der Waals surface area contributed by atoms with Crippen LogP contribution < -0.4 is 5.32 Å². The van der Waals surface area contributed by atoms with Gasteiger partial charge in [0.25, 0.3) is 0 Å². The lowest BCUT2D eigenvalue weighted by molar-refractivity contribution is -0.0605. The molecular formula is C20H26FIN4O. The van der Waals surface area contributed by atoms with E-state index < -0.39 is 0 Å². The lowest BCUT2D eigenvalue weighted by Crippen LogP contribution is -2.50. The van der Waals surface area contributed by atoms with Gasteiger partial charge in [-0.25, -0.2) is 4.39 Å². The third-order valence-electron chi connectivity index (χ3n) is 4.55. The first-order valence-electron chi connectivity index (χ1n) is 8.84. The van der Waals surface area contributed by atoms with E-state index in [0.29, 0.717) is 13.1 Å². The SMILES string of the molecule is CN=C(NCc1ncccc1C)N1CC(C)OC(c2ccc(F)cc2)C1.I. The highest BCUT2D eigenvalue weighted by Crippen LogP contribution is 2.25. The van der Waals surface area contributed by atoms with Crippen molar-refractivity contribution in [3.05, 3.63) is 65.2 Å². The normalized spacial score (nSPS) is 20.1. The van der Waals surface area contributed by atoms with Gasteiger partial charge in [0.1, 0.15) is 11.9 Å². The van der Waals surface area contributed by atoms with Gasteiger partial charge >= 0.3 is 0 Å². The molecule has 1 aliphatic rings. The molecule has 27 heavy (non-hydrogen) atoms. The van der Waals surface area contributed by atoms with Crippen molar-refractivity contribution in [2.45, 2.75) is 32.6 Å². The van der Waals surface area contributed by atoms with Crippen LogP contribution >= 0.6 is 24.0 Å². The molecular weight excluding hydrogens is 458 g/mol. The summed E-state index contributed by atoms with van der Waals surface area (Å²) in [5.41, 5.74) is 3.12. The summed E-state index contributed by atoms with van der Waals surface area (Å²) in [6.07, 6.45) is 1.73. The van der Waals surface area contributed by atoms with E-state index in [4.69, 9.17) is 4.74 Å². The van der Waals surface area contributed by atoms with Crippen molar-refractivity contribution >= 4 is 29.9 Å². The maximum atomic E-state index is 13.2. The molecule has 2 atom stereocenters. The number of rotatable bonds is 3. The quantitative estimate of drug-likeness (QED) is 0.411. The van der Waals surface area contributed by atoms with Gasteiger partial charge in [-0.15, -0.1) is 24.0 Å². The molecule has 0 spiro atoms. The zero-order valence-electron chi connectivity index (χ0n) is 15.9. The first kappa shape index (κ1) is 21.6. The van der Waals surface area contributed by atoms with Crippen LogP contribution in [0.2, 0.25) is 0 Å². The number of aryl methyl sites for hydroxylation is 1. The lowest BCUT2D eigenvalue weighted by Gasteiger charge is -2.38. The van der Waals surface area contributed by atoms with E-state index in [1.165, 1.54) is 12.1 Å².